The van der Waals surface area contributed by atoms with E-state index in [1.165, 1.54) is 0 Å². The zero-order valence-corrected chi connectivity index (χ0v) is 12.1. The molecule has 3 rings (SSSR count). The molecule has 0 aliphatic rings. The Bertz CT molecular complexity index is 854. The van der Waals surface area contributed by atoms with Crippen LogP contribution in [-0.2, 0) is 6.54 Å². The largest absolute Gasteiger partial charge is 0.440 e. The van der Waals surface area contributed by atoms with Gasteiger partial charge in [0.2, 0.25) is 5.88 Å². The summed E-state index contributed by atoms with van der Waals surface area (Å²) in [5.74, 6) is 0.301. The van der Waals surface area contributed by atoms with Crippen LogP contribution in [0.5, 0.6) is 0 Å². The lowest BCUT2D eigenvalue weighted by molar-refractivity contribution is 0.624. The smallest absolute Gasteiger partial charge is 0.201 e. The van der Waals surface area contributed by atoms with Gasteiger partial charge in [0.15, 0.2) is 0 Å². The van der Waals surface area contributed by atoms with Crippen LogP contribution in [0.25, 0.3) is 11.0 Å². The molecule has 0 amide bonds. The molecule has 0 spiro atoms. The fourth-order valence-corrected chi connectivity index (χ4v) is 2.44. The highest BCUT2D eigenvalue weighted by atomic mass is 32.1. The molecule has 0 aliphatic carbocycles. The summed E-state index contributed by atoms with van der Waals surface area (Å²) in [5.41, 5.74) is 8.44. The first-order chi connectivity index (χ1) is 10.3. The Morgan fingerprint density at radius 3 is 2.57 bits per heavy atom. The van der Waals surface area contributed by atoms with E-state index in [2.05, 4.69) is 4.99 Å². The maximum atomic E-state index is 5.94. The van der Waals surface area contributed by atoms with Crippen LogP contribution in [0.1, 0.15) is 11.1 Å². The fraction of sp³-hybridized carbons (Fsp3) is 0.0588. The molecule has 104 valence electrons. The van der Waals surface area contributed by atoms with E-state index in [4.69, 9.17) is 22.4 Å². The van der Waals surface area contributed by atoms with E-state index in [1.807, 2.05) is 54.6 Å². The third kappa shape index (κ3) is 2.85. The normalized spacial score (nSPS) is 11.2. The van der Waals surface area contributed by atoms with Gasteiger partial charge in [0.25, 0.3) is 0 Å². The Kier molecular flexibility index (Phi) is 3.79. The Hall–Kier alpha value is -2.46. The summed E-state index contributed by atoms with van der Waals surface area (Å²) in [5, 5.41) is 0.878. The standard InChI is InChI=1S/C17H14N2OS/c18-17-14(11-19-10-12-6-2-1-3-7-12)16(21)13-8-4-5-9-15(13)20-17/h1-9,11H,10,18H2. The van der Waals surface area contributed by atoms with E-state index in [0.717, 1.165) is 10.9 Å². The third-order valence-corrected chi connectivity index (χ3v) is 3.64. The zero-order chi connectivity index (χ0) is 14.7. The fourth-order valence-electron chi connectivity index (χ4n) is 2.12. The molecular formula is C17H14N2OS. The minimum atomic E-state index is 0.301. The molecule has 1 aromatic heterocycles. The lowest BCUT2D eigenvalue weighted by Crippen LogP contribution is -1.95. The number of nitrogen functional groups attached to an aromatic ring is 1. The van der Waals surface area contributed by atoms with Crippen molar-refractivity contribution >= 4 is 35.3 Å². The van der Waals surface area contributed by atoms with Crippen molar-refractivity contribution in [2.45, 2.75) is 6.54 Å². The third-order valence-electron chi connectivity index (χ3n) is 3.20. The lowest BCUT2D eigenvalue weighted by atomic mass is 10.2. The Morgan fingerprint density at radius 2 is 1.76 bits per heavy atom. The van der Waals surface area contributed by atoms with Gasteiger partial charge >= 0.3 is 0 Å². The predicted octanol–water partition coefficient (Wildman–Crippen LogP) is 4.36. The summed E-state index contributed by atoms with van der Waals surface area (Å²) in [6.07, 6.45) is 1.70. The van der Waals surface area contributed by atoms with Crippen LogP contribution in [0.4, 0.5) is 5.88 Å². The van der Waals surface area contributed by atoms with E-state index in [1.54, 1.807) is 6.21 Å². The predicted molar refractivity (Wildman–Crippen MR) is 89.2 cm³/mol. The summed E-state index contributed by atoms with van der Waals surface area (Å²) in [6, 6.07) is 17.6. The number of hydrogen-bond acceptors (Lipinski definition) is 4. The van der Waals surface area contributed by atoms with Crippen molar-refractivity contribution in [2.75, 3.05) is 5.73 Å². The van der Waals surface area contributed by atoms with Crippen molar-refractivity contribution in [3.8, 4) is 0 Å². The summed E-state index contributed by atoms with van der Waals surface area (Å²) in [4.78, 5) is 4.41. The van der Waals surface area contributed by atoms with Crippen LogP contribution in [0.3, 0.4) is 0 Å². The molecule has 0 aliphatic heterocycles. The summed E-state index contributed by atoms with van der Waals surface area (Å²) in [7, 11) is 0. The molecule has 1 heterocycles. The van der Waals surface area contributed by atoms with Crippen molar-refractivity contribution in [3.05, 3.63) is 70.2 Å². The molecule has 0 unspecified atom stereocenters. The number of benzene rings is 2. The first-order valence-corrected chi connectivity index (χ1v) is 7.01. The maximum absolute atomic E-state index is 5.94. The van der Waals surface area contributed by atoms with E-state index in [0.29, 0.717) is 28.1 Å². The van der Waals surface area contributed by atoms with Crippen LogP contribution in [0, 0.1) is 4.51 Å². The van der Waals surface area contributed by atoms with Gasteiger partial charge < -0.3 is 10.2 Å². The van der Waals surface area contributed by atoms with Gasteiger partial charge in [-0.25, -0.2) is 0 Å². The highest BCUT2D eigenvalue weighted by Crippen LogP contribution is 2.23. The minimum absolute atomic E-state index is 0.301. The van der Waals surface area contributed by atoms with E-state index in [-0.39, 0.29) is 0 Å². The quantitative estimate of drug-likeness (QED) is 0.576. The van der Waals surface area contributed by atoms with Gasteiger partial charge in [-0.05, 0) is 17.7 Å². The molecule has 0 fully saturated rings. The molecule has 0 bridgehead atoms. The molecule has 2 N–H and O–H groups in total. The average molecular weight is 294 g/mol. The van der Waals surface area contributed by atoms with E-state index >= 15 is 0 Å². The van der Waals surface area contributed by atoms with Gasteiger partial charge in [-0.15, -0.1) is 0 Å². The van der Waals surface area contributed by atoms with Crippen molar-refractivity contribution in [3.63, 3.8) is 0 Å². The number of fused-ring (bicyclic) bond motifs is 1. The summed E-state index contributed by atoms with van der Waals surface area (Å²) < 4.78 is 6.27. The molecule has 0 saturated carbocycles. The topological polar surface area (TPSA) is 51.5 Å². The number of nitrogens with two attached hydrogens (primary N) is 1. The first-order valence-electron chi connectivity index (χ1n) is 6.61. The molecule has 21 heavy (non-hydrogen) atoms. The van der Waals surface area contributed by atoms with Gasteiger partial charge in [0.05, 0.1) is 16.6 Å². The van der Waals surface area contributed by atoms with Crippen LogP contribution in [0.2, 0.25) is 0 Å². The van der Waals surface area contributed by atoms with Gasteiger partial charge in [-0.3, -0.25) is 4.99 Å². The average Bonchev–Trinajstić information content (AvgIpc) is 2.51. The second-order valence-corrected chi connectivity index (χ2v) is 5.07. The van der Waals surface area contributed by atoms with Gasteiger partial charge in [0, 0.05) is 11.6 Å². The Labute approximate surface area is 127 Å². The zero-order valence-electron chi connectivity index (χ0n) is 11.3. The molecule has 3 aromatic rings. The van der Waals surface area contributed by atoms with Crippen molar-refractivity contribution in [1.82, 2.24) is 0 Å². The molecule has 3 nitrogen and oxygen atoms in total. The number of para-hydroxylation sites is 1. The SMILES string of the molecule is Nc1oc2ccccc2c(=S)c1C=NCc1ccccc1. The number of anilines is 1. The number of aliphatic imine (C=N–C) groups is 1. The lowest BCUT2D eigenvalue weighted by Gasteiger charge is -2.04. The summed E-state index contributed by atoms with van der Waals surface area (Å²) in [6.45, 7) is 0.585. The maximum Gasteiger partial charge on any atom is 0.201 e. The Balaban J connectivity index is 1.95. The minimum Gasteiger partial charge on any atom is -0.440 e. The second kappa shape index (κ2) is 5.89. The number of hydrogen-bond donors (Lipinski definition) is 1. The highest BCUT2D eigenvalue weighted by Gasteiger charge is 2.06. The van der Waals surface area contributed by atoms with Crippen LogP contribution in [-0.4, -0.2) is 6.21 Å². The van der Waals surface area contributed by atoms with Crippen molar-refractivity contribution < 1.29 is 4.42 Å². The first kappa shape index (κ1) is 13.5. The highest BCUT2D eigenvalue weighted by molar-refractivity contribution is 7.71. The van der Waals surface area contributed by atoms with Gasteiger partial charge in [0.1, 0.15) is 5.58 Å². The van der Waals surface area contributed by atoms with Gasteiger partial charge in [-0.2, -0.15) is 0 Å². The molecule has 0 saturated heterocycles. The molecule has 2 aromatic carbocycles. The Morgan fingerprint density at radius 1 is 1.05 bits per heavy atom. The molecule has 0 radical (unpaired) electrons. The van der Waals surface area contributed by atoms with Crippen LogP contribution >= 0.6 is 12.2 Å². The summed E-state index contributed by atoms with van der Waals surface area (Å²) >= 11 is 5.48. The van der Waals surface area contributed by atoms with Crippen LogP contribution in [0.15, 0.2) is 64.0 Å². The number of nitrogens with zero attached hydrogens (tertiary/aromatic N) is 1. The van der Waals surface area contributed by atoms with Crippen molar-refractivity contribution in [1.29, 1.82) is 0 Å². The molecule has 0 atom stereocenters. The molecular weight excluding hydrogens is 280 g/mol. The number of rotatable bonds is 3. The van der Waals surface area contributed by atoms with E-state index in [9.17, 15) is 0 Å². The van der Waals surface area contributed by atoms with Crippen molar-refractivity contribution in [2.24, 2.45) is 4.99 Å². The van der Waals surface area contributed by atoms with Gasteiger partial charge in [-0.1, -0.05) is 54.7 Å². The second-order valence-electron chi connectivity index (χ2n) is 4.66. The molecule has 4 heteroatoms. The van der Waals surface area contributed by atoms with Crippen LogP contribution < -0.4 is 5.73 Å². The monoisotopic (exact) mass is 294 g/mol. The van der Waals surface area contributed by atoms with E-state index < -0.39 is 0 Å².